The molecule has 0 saturated carbocycles. The number of carbonyl (C=O) groups excluding carboxylic acids is 1. The van der Waals surface area contributed by atoms with Crippen LogP contribution in [0.1, 0.15) is 29.2 Å². The average Bonchev–Trinajstić information content (AvgIpc) is 3.28. The van der Waals surface area contributed by atoms with Crippen molar-refractivity contribution in [2.24, 2.45) is 0 Å². The second kappa shape index (κ2) is 8.22. The Bertz CT molecular complexity index is 1330. The number of aromatic nitrogens is 5. The molecule has 5 rings (SSSR count). The van der Waals surface area contributed by atoms with Gasteiger partial charge in [0.25, 0.3) is 11.5 Å². The first kappa shape index (κ1) is 19.9. The highest BCUT2D eigenvalue weighted by atomic mass is 19.1. The minimum Gasteiger partial charge on any atom is -0.422 e. The van der Waals surface area contributed by atoms with E-state index in [4.69, 9.17) is 4.74 Å². The zero-order valence-corrected chi connectivity index (χ0v) is 16.9. The summed E-state index contributed by atoms with van der Waals surface area (Å²) in [6.07, 6.45) is 7.79. The van der Waals surface area contributed by atoms with Gasteiger partial charge in [-0.15, -0.1) is 0 Å². The van der Waals surface area contributed by atoms with Gasteiger partial charge < -0.3 is 9.64 Å². The van der Waals surface area contributed by atoms with Gasteiger partial charge >= 0.3 is 6.01 Å². The van der Waals surface area contributed by atoms with Crippen LogP contribution in [-0.4, -0.2) is 48.6 Å². The summed E-state index contributed by atoms with van der Waals surface area (Å²) in [5.74, 6) is -0.0217. The summed E-state index contributed by atoms with van der Waals surface area (Å²) < 4.78 is 20.6. The first-order valence-electron chi connectivity index (χ1n) is 10.2. The van der Waals surface area contributed by atoms with Crippen molar-refractivity contribution in [2.45, 2.75) is 18.9 Å². The summed E-state index contributed by atoms with van der Waals surface area (Å²) in [6, 6.07) is 7.35. The lowest BCUT2D eigenvalue weighted by Gasteiger charge is -2.32. The number of rotatable bonds is 4. The smallest absolute Gasteiger partial charge is 0.302 e. The summed E-state index contributed by atoms with van der Waals surface area (Å²) in [5.41, 5.74) is 0.613. The molecule has 0 aliphatic carbocycles. The normalized spacial score (nSPS) is 14.6. The summed E-state index contributed by atoms with van der Waals surface area (Å²) in [5, 5.41) is 4.81. The van der Waals surface area contributed by atoms with Gasteiger partial charge in [0.05, 0.1) is 35.5 Å². The van der Waals surface area contributed by atoms with Crippen LogP contribution in [0.2, 0.25) is 0 Å². The lowest BCUT2D eigenvalue weighted by atomic mass is 10.0. The third-order valence-electron chi connectivity index (χ3n) is 5.50. The number of hydrogen-bond donors (Lipinski definition) is 1. The van der Waals surface area contributed by atoms with Gasteiger partial charge in [0.2, 0.25) is 0 Å². The topological polar surface area (TPSA) is 106 Å². The van der Waals surface area contributed by atoms with Crippen molar-refractivity contribution in [3.05, 3.63) is 76.9 Å². The fraction of sp³-hybridized carbons (Fsp3) is 0.227. The number of ether oxygens (including phenoxy) is 1. The van der Waals surface area contributed by atoms with E-state index in [1.807, 2.05) is 0 Å². The number of piperidine rings is 1. The van der Waals surface area contributed by atoms with Crippen molar-refractivity contribution in [3.63, 3.8) is 0 Å². The molecule has 10 heteroatoms. The molecule has 0 bridgehead atoms. The van der Waals surface area contributed by atoms with E-state index in [1.54, 1.807) is 28.0 Å². The fourth-order valence-corrected chi connectivity index (χ4v) is 3.81. The van der Waals surface area contributed by atoms with Crippen molar-refractivity contribution in [3.8, 4) is 11.8 Å². The quantitative estimate of drug-likeness (QED) is 0.529. The lowest BCUT2D eigenvalue weighted by Crippen LogP contribution is -2.39. The van der Waals surface area contributed by atoms with Crippen molar-refractivity contribution in [2.75, 3.05) is 13.1 Å². The molecule has 1 amide bonds. The number of pyridine rings is 1. The molecule has 1 aliphatic heterocycles. The Hall–Kier alpha value is -4.08. The first-order chi connectivity index (χ1) is 15.6. The van der Waals surface area contributed by atoms with E-state index in [2.05, 4.69) is 20.1 Å². The van der Waals surface area contributed by atoms with Gasteiger partial charge in [-0.25, -0.2) is 4.39 Å². The lowest BCUT2D eigenvalue weighted by molar-refractivity contribution is 0.0690. The molecule has 9 nitrogen and oxygen atoms in total. The van der Waals surface area contributed by atoms with E-state index in [0.29, 0.717) is 35.3 Å². The Morgan fingerprint density at radius 2 is 1.91 bits per heavy atom. The molecule has 1 aliphatic rings. The van der Waals surface area contributed by atoms with Crippen molar-refractivity contribution >= 4 is 16.8 Å². The number of benzene rings is 1. The molecule has 0 atom stereocenters. The van der Waals surface area contributed by atoms with E-state index < -0.39 is 0 Å². The molecule has 162 valence electrons. The van der Waals surface area contributed by atoms with Gasteiger partial charge in [-0.05, 0) is 43.2 Å². The standard InChI is InChI=1S/C22H19FN6O3/c23-15-3-1-14(2-4-15)21(31)28-9-6-16(7-10-28)29-13-17(11-25-29)32-22-26-19-12-24-8-5-18(19)20(30)27-22/h1-5,8,11-13,16H,6-7,9-10H2,(H,26,27,30). The zero-order chi connectivity index (χ0) is 22.1. The van der Waals surface area contributed by atoms with Crippen molar-refractivity contribution < 1.29 is 13.9 Å². The molecule has 32 heavy (non-hydrogen) atoms. The molecule has 1 saturated heterocycles. The summed E-state index contributed by atoms with van der Waals surface area (Å²) in [4.78, 5) is 37.4. The van der Waals surface area contributed by atoms with Gasteiger partial charge in [-0.1, -0.05) is 0 Å². The van der Waals surface area contributed by atoms with Crippen LogP contribution in [0.4, 0.5) is 4.39 Å². The fourth-order valence-electron chi connectivity index (χ4n) is 3.81. The Morgan fingerprint density at radius 1 is 1.12 bits per heavy atom. The summed E-state index contributed by atoms with van der Waals surface area (Å²) in [6.45, 7) is 1.15. The van der Waals surface area contributed by atoms with Gasteiger partial charge in [0.15, 0.2) is 5.75 Å². The van der Waals surface area contributed by atoms with Crippen LogP contribution in [0.25, 0.3) is 10.9 Å². The average molecular weight is 434 g/mol. The third kappa shape index (κ3) is 3.94. The van der Waals surface area contributed by atoms with E-state index in [9.17, 15) is 14.0 Å². The van der Waals surface area contributed by atoms with Gasteiger partial charge in [0, 0.05) is 24.8 Å². The number of hydrogen-bond acceptors (Lipinski definition) is 6. The molecule has 4 heterocycles. The van der Waals surface area contributed by atoms with Crippen LogP contribution in [0.5, 0.6) is 11.8 Å². The monoisotopic (exact) mass is 434 g/mol. The van der Waals surface area contributed by atoms with Crippen molar-refractivity contribution in [1.29, 1.82) is 0 Å². The number of amides is 1. The number of nitrogens with one attached hydrogen (secondary N) is 1. The number of fused-ring (bicyclic) bond motifs is 1. The molecule has 3 aromatic heterocycles. The van der Waals surface area contributed by atoms with E-state index in [1.165, 1.54) is 36.7 Å². The number of H-pyrrole nitrogens is 1. The molecule has 1 N–H and O–H groups in total. The third-order valence-corrected chi connectivity index (χ3v) is 5.50. The molecular formula is C22H19FN6O3. The Kier molecular flexibility index (Phi) is 5.10. The van der Waals surface area contributed by atoms with E-state index >= 15 is 0 Å². The number of nitrogens with zero attached hydrogens (tertiary/aromatic N) is 5. The predicted molar refractivity (Wildman–Crippen MR) is 113 cm³/mol. The van der Waals surface area contributed by atoms with Crippen LogP contribution in [0.15, 0.2) is 59.9 Å². The Balaban J connectivity index is 1.23. The van der Waals surface area contributed by atoms with Gasteiger partial charge in [-0.3, -0.25) is 24.2 Å². The second-order valence-electron chi connectivity index (χ2n) is 7.55. The summed E-state index contributed by atoms with van der Waals surface area (Å²) >= 11 is 0. The second-order valence-corrected chi connectivity index (χ2v) is 7.55. The Morgan fingerprint density at radius 3 is 2.69 bits per heavy atom. The first-order valence-corrected chi connectivity index (χ1v) is 10.2. The van der Waals surface area contributed by atoms with Crippen LogP contribution in [0.3, 0.4) is 0 Å². The highest BCUT2D eigenvalue weighted by molar-refractivity contribution is 5.94. The molecule has 0 radical (unpaired) electrons. The number of likely N-dealkylation sites (tertiary alicyclic amines) is 1. The van der Waals surface area contributed by atoms with Crippen LogP contribution < -0.4 is 10.3 Å². The maximum absolute atomic E-state index is 13.1. The maximum Gasteiger partial charge on any atom is 0.302 e. The molecule has 1 aromatic carbocycles. The number of aromatic amines is 1. The highest BCUT2D eigenvalue weighted by Crippen LogP contribution is 2.26. The SMILES string of the molecule is O=C(c1ccc(F)cc1)N1CCC(n2cc(Oc3nc4cnccc4c(=O)[nH]3)cn2)CC1. The Labute approximate surface area is 181 Å². The van der Waals surface area contributed by atoms with Crippen LogP contribution >= 0.6 is 0 Å². The van der Waals surface area contributed by atoms with Crippen LogP contribution in [0, 0.1) is 5.82 Å². The van der Waals surface area contributed by atoms with E-state index in [0.717, 1.165) is 12.8 Å². The summed E-state index contributed by atoms with van der Waals surface area (Å²) in [7, 11) is 0. The maximum atomic E-state index is 13.1. The molecule has 0 spiro atoms. The zero-order valence-electron chi connectivity index (χ0n) is 16.9. The highest BCUT2D eigenvalue weighted by Gasteiger charge is 2.25. The number of halogens is 1. The minimum absolute atomic E-state index is 0.0646. The van der Waals surface area contributed by atoms with Gasteiger partial charge in [-0.2, -0.15) is 10.1 Å². The minimum atomic E-state index is -0.364. The number of carbonyl (C=O) groups is 1. The van der Waals surface area contributed by atoms with Gasteiger partial charge in [0.1, 0.15) is 5.82 Å². The van der Waals surface area contributed by atoms with E-state index in [-0.39, 0.29) is 29.3 Å². The molecule has 0 unspecified atom stereocenters. The van der Waals surface area contributed by atoms with Crippen molar-refractivity contribution in [1.82, 2.24) is 29.6 Å². The predicted octanol–water partition coefficient (Wildman–Crippen LogP) is 2.92. The largest absolute Gasteiger partial charge is 0.422 e. The molecular weight excluding hydrogens is 415 g/mol. The van der Waals surface area contributed by atoms with Crippen LogP contribution in [-0.2, 0) is 0 Å². The molecule has 1 fully saturated rings. The molecule has 4 aromatic rings.